The lowest BCUT2D eigenvalue weighted by molar-refractivity contribution is 0.105. The van der Waals surface area contributed by atoms with E-state index in [1.54, 1.807) is 15.9 Å². The number of aliphatic hydroxyl groups is 2. The molecule has 0 amide bonds. The van der Waals surface area contributed by atoms with Crippen molar-refractivity contribution >= 4 is 28.9 Å². The third-order valence-corrected chi connectivity index (χ3v) is 5.67. The molecule has 0 aliphatic rings. The number of nitrogens with zero attached hydrogens (tertiary/aromatic N) is 4. The lowest BCUT2D eigenvalue weighted by Gasteiger charge is -2.13. The predicted octanol–water partition coefficient (Wildman–Crippen LogP) is 3.35. The smallest absolute Gasteiger partial charge is 0.229 e. The Balaban J connectivity index is 1.56. The first-order chi connectivity index (χ1) is 15.0. The van der Waals surface area contributed by atoms with E-state index in [0.29, 0.717) is 24.1 Å². The van der Waals surface area contributed by atoms with Gasteiger partial charge in [-0.05, 0) is 39.4 Å². The number of hydrogen-bond acceptors (Lipinski definition) is 8. The summed E-state index contributed by atoms with van der Waals surface area (Å²) in [7, 11) is 0. The second kappa shape index (κ2) is 9.42. The molecule has 4 aromatic rings. The molecular formula is C22H26N6O2S. The molecule has 1 atom stereocenters. The Kier molecular flexibility index (Phi) is 6.45. The van der Waals surface area contributed by atoms with Crippen molar-refractivity contribution in [3.05, 3.63) is 58.4 Å². The van der Waals surface area contributed by atoms with E-state index < -0.39 is 6.10 Å². The Morgan fingerprint density at radius 3 is 2.55 bits per heavy atom. The average molecular weight is 439 g/mol. The van der Waals surface area contributed by atoms with E-state index in [1.165, 1.54) is 11.1 Å². The van der Waals surface area contributed by atoms with Crippen molar-refractivity contribution in [2.75, 3.05) is 23.8 Å². The molecule has 1 aromatic carbocycles. The molecule has 0 saturated carbocycles. The van der Waals surface area contributed by atoms with E-state index in [2.05, 4.69) is 80.6 Å². The molecule has 0 fully saturated rings. The Bertz CT molecular complexity index is 1130. The van der Waals surface area contributed by atoms with E-state index in [4.69, 9.17) is 5.11 Å². The first kappa shape index (κ1) is 21.2. The zero-order valence-corrected chi connectivity index (χ0v) is 18.3. The van der Waals surface area contributed by atoms with E-state index in [1.807, 2.05) is 6.20 Å². The van der Waals surface area contributed by atoms with Gasteiger partial charge >= 0.3 is 0 Å². The van der Waals surface area contributed by atoms with Gasteiger partial charge in [0.15, 0.2) is 5.65 Å². The van der Waals surface area contributed by atoms with Crippen LogP contribution in [0.3, 0.4) is 0 Å². The fraction of sp³-hybridized carbons (Fsp3) is 0.318. The van der Waals surface area contributed by atoms with Crippen LogP contribution >= 0.6 is 11.3 Å². The van der Waals surface area contributed by atoms with Crippen LogP contribution < -0.4 is 10.6 Å². The van der Waals surface area contributed by atoms with Crippen LogP contribution in [0, 0.1) is 0 Å². The van der Waals surface area contributed by atoms with Crippen LogP contribution in [0.2, 0.25) is 0 Å². The number of aromatic nitrogens is 4. The maximum Gasteiger partial charge on any atom is 0.229 e. The van der Waals surface area contributed by atoms with Gasteiger partial charge in [-0.25, -0.2) is 0 Å². The summed E-state index contributed by atoms with van der Waals surface area (Å²) < 4.78 is 1.70. The highest BCUT2D eigenvalue weighted by Gasteiger charge is 2.15. The zero-order chi connectivity index (χ0) is 21.8. The molecular weight excluding hydrogens is 412 g/mol. The van der Waals surface area contributed by atoms with Gasteiger partial charge < -0.3 is 20.8 Å². The minimum atomic E-state index is -0.882. The highest BCUT2D eigenvalue weighted by molar-refractivity contribution is 7.08. The molecule has 0 bridgehead atoms. The van der Waals surface area contributed by atoms with Crippen LogP contribution in [0.25, 0.3) is 16.8 Å². The molecule has 8 nitrogen and oxygen atoms in total. The second-order valence-electron chi connectivity index (χ2n) is 7.64. The number of nitrogens with one attached hydrogen (secondary N) is 2. The molecule has 0 saturated heterocycles. The molecule has 0 aliphatic heterocycles. The summed E-state index contributed by atoms with van der Waals surface area (Å²) in [5.41, 5.74) is 5.25. The number of hydrogen-bond donors (Lipinski definition) is 4. The molecule has 162 valence electrons. The van der Waals surface area contributed by atoms with E-state index >= 15 is 0 Å². The molecule has 0 aliphatic carbocycles. The van der Waals surface area contributed by atoms with Crippen LogP contribution in [-0.4, -0.2) is 49.1 Å². The molecule has 3 aromatic heterocycles. The number of rotatable bonds is 9. The fourth-order valence-electron chi connectivity index (χ4n) is 3.19. The molecule has 0 spiro atoms. The normalized spacial score (nSPS) is 12.4. The molecule has 3 heterocycles. The van der Waals surface area contributed by atoms with Crippen LogP contribution in [0.15, 0.2) is 47.3 Å². The summed E-state index contributed by atoms with van der Waals surface area (Å²) in [6, 6.07) is 10.5. The van der Waals surface area contributed by atoms with E-state index in [9.17, 15) is 5.11 Å². The van der Waals surface area contributed by atoms with Gasteiger partial charge in [0, 0.05) is 18.7 Å². The van der Waals surface area contributed by atoms with Crippen molar-refractivity contribution in [3.8, 4) is 11.1 Å². The van der Waals surface area contributed by atoms with Crippen LogP contribution in [0.4, 0.5) is 11.9 Å². The topological polar surface area (TPSA) is 108 Å². The zero-order valence-electron chi connectivity index (χ0n) is 17.5. The highest BCUT2D eigenvalue weighted by Crippen LogP contribution is 2.24. The largest absolute Gasteiger partial charge is 0.394 e. The summed E-state index contributed by atoms with van der Waals surface area (Å²) in [6.45, 7) is 4.58. The molecule has 0 radical (unpaired) electrons. The Morgan fingerprint density at radius 1 is 1.06 bits per heavy atom. The van der Waals surface area contributed by atoms with Crippen molar-refractivity contribution < 1.29 is 10.2 Å². The van der Waals surface area contributed by atoms with Gasteiger partial charge in [0.25, 0.3) is 0 Å². The summed E-state index contributed by atoms with van der Waals surface area (Å²) in [4.78, 5) is 9.09. The van der Waals surface area contributed by atoms with Crippen LogP contribution in [0.1, 0.15) is 30.9 Å². The van der Waals surface area contributed by atoms with Crippen molar-refractivity contribution in [1.82, 2.24) is 19.6 Å². The maximum absolute atomic E-state index is 9.65. The standard InChI is InChI=1S/C22H26N6O2S/c1-14(2)19-11-25-28-20(19)26-21(23-10-18(30)12-29)27-22(28)24-9-15-3-5-16(6-4-15)17-7-8-31-13-17/h3-8,11,13-14,18,29-30H,9-10,12H2,1-2H3,(H2,23,24,26,27)/t18-/m0/s1. The SMILES string of the molecule is CC(C)c1cnn2c(NCc3ccc(-c4ccsc4)cc3)nc(NC[C@H](O)CO)nc12. The first-order valence-electron chi connectivity index (χ1n) is 10.2. The quantitative estimate of drug-likeness (QED) is 0.317. The van der Waals surface area contributed by atoms with Gasteiger partial charge in [-0.15, -0.1) is 0 Å². The lowest BCUT2D eigenvalue weighted by Crippen LogP contribution is -2.24. The first-order valence-corrected chi connectivity index (χ1v) is 11.1. The lowest BCUT2D eigenvalue weighted by atomic mass is 10.1. The number of thiophene rings is 1. The second-order valence-corrected chi connectivity index (χ2v) is 8.42. The Labute approximate surface area is 184 Å². The van der Waals surface area contributed by atoms with Crippen molar-refractivity contribution in [2.24, 2.45) is 0 Å². The van der Waals surface area contributed by atoms with Gasteiger partial charge in [0.05, 0.1) is 18.9 Å². The van der Waals surface area contributed by atoms with Crippen LogP contribution in [0.5, 0.6) is 0 Å². The molecule has 31 heavy (non-hydrogen) atoms. The number of anilines is 2. The highest BCUT2D eigenvalue weighted by atomic mass is 32.1. The van der Waals surface area contributed by atoms with Gasteiger partial charge in [0.1, 0.15) is 0 Å². The fourth-order valence-corrected chi connectivity index (χ4v) is 3.86. The van der Waals surface area contributed by atoms with Crippen molar-refractivity contribution in [2.45, 2.75) is 32.4 Å². The van der Waals surface area contributed by atoms with Gasteiger partial charge in [-0.2, -0.15) is 30.9 Å². The Hall–Kier alpha value is -3.01. The minimum Gasteiger partial charge on any atom is -0.394 e. The predicted molar refractivity (Wildman–Crippen MR) is 124 cm³/mol. The van der Waals surface area contributed by atoms with Crippen LogP contribution in [-0.2, 0) is 6.54 Å². The van der Waals surface area contributed by atoms with Gasteiger partial charge in [-0.1, -0.05) is 38.1 Å². The Morgan fingerprint density at radius 2 is 1.87 bits per heavy atom. The molecule has 9 heteroatoms. The van der Waals surface area contributed by atoms with E-state index in [-0.39, 0.29) is 19.1 Å². The van der Waals surface area contributed by atoms with E-state index in [0.717, 1.165) is 11.1 Å². The number of benzene rings is 1. The average Bonchev–Trinajstić information content (AvgIpc) is 3.46. The maximum atomic E-state index is 9.65. The summed E-state index contributed by atoms with van der Waals surface area (Å²) >= 11 is 1.69. The van der Waals surface area contributed by atoms with Crippen molar-refractivity contribution in [3.63, 3.8) is 0 Å². The summed E-state index contributed by atoms with van der Waals surface area (Å²) in [5.74, 6) is 1.18. The molecule has 4 rings (SSSR count). The minimum absolute atomic E-state index is 0.154. The van der Waals surface area contributed by atoms with Crippen molar-refractivity contribution in [1.29, 1.82) is 0 Å². The third kappa shape index (κ3) is 4.84. The summed E-state index contributed by atoms with van der Waals surface area (Å²) in [5, 5.41) is 33.7. The number of aliphatic hydroxyl groups excluding tert-OH is 2. The third-order valence-electron chi connectivity index (χ3n) is 4.98. The van der Waals surface area contributed by atoms with Gasteiger partial charge in [-0.3, -0.25) is 0 Å². The van der Waals surface area contributed by atoms with Gasteiger partial charge in [0.2, 0.25) is 11.9 Å². The number of fused-ring (bicyclic) bond motifs is 1. The summed E-state index contributed by atoms with van der Waals surface area (Å²) in [6.07, 6.45) is 0.925. The monoisotopic (exact) mass is 438 g/mol. The molecule has 0 unspecified atom stereocenters. The molecule has 4 N–H and O–H groups in total.